The standard InChI is InChI=1S/C17H28N4O2S/c1-24(22,23)21(16-6-2-7-16)17-8-4-11-20(12-9-17)14-15(13-19)5-3-10-18/h15-17H,2-9,11-12,14H2,1H3/t15-,17+/m1/s1. The van der Waals surface area contributed by atoms with Crippen LogP contribution in [0.4, 0.5) is 0 Å². The summed E-state index contributed by atoms with van der Waals surface area (Å²) >= 11 is 0. The molecule has 134 valence electrons. The van der Waals surface area contributed by atoms with Crippen LogP contribution in [0.25, 0.3) is 0 Å². The molecule has 0 aromatic rings. The normalized spacial score (nSPS) is 24.6. The van der Waals surface area contributed by atoms with Gasteiger partial charge in [0.2, 0.25) is 10.0 Å². The van der Waals surface area contributed by atoms with Gasteiger partial charge in [-0.2, -0.15) is 14.8 Å². The van der Waals surface area contributed by atoms with Crippen LogP contribution in [0, 0.1) is 28.6 Å². The number of hydrogen-bond acceptors (Lipinski definition) is 5. The summed E-state index contributed by atoms with van der Waals surface area (Å²) in [6.07, 6.45) is 8.15. The van der Waals surface area contributed by atoms with Crippen LogP contribution < -0.4 is 0 Å². The van der Waals surface area contributed by atoms with Gasteiger partial charge in [0.15, 0.2) is 0 Å². The molecule has 0 aromatic carbocycles. The Labute approximate surface area is 146 Å². The fourth-order valence-electron chi connectivity index (χ4n) is 3.80. The Morgan fingerprint density at radius 3 is 2.33 bits per heavy atom. The lowest BCUT2D eigenvalue weighted by Crippen LogP contribution is -2.49. The average Bonchev–Trinajstić information content (AvgIpc) is 2.71. The van der Waals surface area contributed by atoms with Gasteiger partial charge in [0.25, 0.3) is 0 Å². The maximum atomic E-state index is 12.2. The molecule has 1 saturated heterocycles. The van der Waals surface area contributed by atoms with Crippen molar-refractivity contribution in [2.45, 2.75) is 63.5 Å². The molecule has 2 atom stereocenters. The molecule has 2 aliphatic rings. The van der Waals surface area contributed by atoms with Crippen LogP contribution in [0.1, 0.15) is 51.4 Å². The molecule has 0 radical (unpaired) electrons. The summed E-state index contributed by atoms with van der Waals surface area (Å²) in [6, 6.07) is 4.69. The third kappa shape index (κ3) is 5.17. The molecule has 6 nitrogen and oxygen atoms in total. The second-order valence-electron chi connectivity index (χ2n) is 7.09. The Balaban J connectivity index is 1.94. The van der Waals surface area contributed by atoms with Crippen LogP contribution in [-0.4, -0.2) is 55.6 Å². The molecule has 2 fully saturated rings. The van der Waals surface area contributed by atoms with Crippen LogP contribution in [0.3, 0.4) is 0 Å². The zero-order valence-electron chi connectivity index (χ0n) is 14.5. The number of hydrogen-bond donors (Lipinski definition) is 0. The van der Waals surface area contributed by atoms with E-state index in [9.17, 15) is 13.7 Å². The number of rotatable bonds is 7. The second kappa shape index (κ2) is 8.80. The second-order valence-corrected chi connectivity index (χ2v) is 8.97. The highest BCUT2D eigenvalue weighted by Gasteiger charge is 2.37. The van der Waals surface area contributed by atoms with Crippen molar-refractivity contribution in [2.24, 2.45) is 5.92 Å². The lowest BCUT2D eigenvalue weighted by Gasteiger charge is -2.40. The molecule has 1 aliphatic carbocycles. The van der Waals surface area contributed by atoms with Crippen LogP contribution >= 0.6 is 0 Å². The van der Waals surface area contributed by atoms with Crippen molar-refractivity contribution in [2.75, 3.05) is 25.9 Å². The smallest absolute Gasteiger partial charge is 0.211 e. The summed E-state index contributed by atoms with van der Waals surface area (Å²) in [6.45, 7) is 2.42. The van der Waals surface area contributed by atoms with Crippen molar-refractivity contribution >= 4 is 10.0 Å². The molecule has 0 unspecified atom stereocenters. The van der Waals surface area contributed by atoms with Gasteiger partial charge in [0.05, 0.1) is 24.3 Å². The van der Waals surface area contributed by atoms with Crippen molar-refractivity contribution in [1.82, 2.24) is 9.21 Å². The zero-order chi connectivity index (χ0) is 17.6. The van der Waals surface area contributed by atoms with E-state index in [0.717, 1.165) is 51.6 Å². The van der Waals surface area contributed by atoms with Gasteiger partial charge >= 0.3 is 0 Å². The van der Waals surface area contributed by atoms with Crippen LogP contribution in [0.2, 0.25) is 0 Å². The fraction of sp³-hybridized carbons (Fsp3) is 0.882. The summed E-state index contributed by atoms with van der Waals surface area (Å²) in [7, 11) is -3.17. The van der Waals surface area contributed by atoms with E-state index in [-0.39, 0.29) is 18.0 Å². The van der Waals surface area contributed by atoms with Gasteiger partial charge in [-0.25, -0.2) is 8.42 Å². The first-order valence-electron chi connectivity index (χ1n) is 8.93. The Hall–Kier alpha value is -1.15. The monoisotopic (exact) mass is 352 g/mol. The minimum Gasteiger partial charge on any atom is -0.302 e. The molecule has 0 N–H and O–H groups in total. The van der Waals surface area contributed by atoms with Crippen molar-refractivity contribution in [3.8, 4) is 12.1 Å². The molecular formula is C17H28N4O2S. The zero-order valence-corrected chi connectivity index (χ0v) is 15.3. The number of sulfonamides is 1. The van der Waals surface area contributed by atoms with Crippen LogP contribution in [-0.2, 0) is 10.0 Å². The summed E-state index contributed by atoms with van der Waals surface area (Å²) < 4.78 is 26.3. The van der Waals surface area contributed by atoms with E-state index < -0.39 is 10.0 Å². The minimum atomic E-state index is -3.17. The topological polar surface area (TPSA) is 88.2 Å². The quantitative estimate of drug-likeness (QED) is 0.700. The Bertz CT molecular complexity index is 589. The van der Waals surface area contributed by atoms with Gasteiger partial charge < -0.3 is 4.90 Å². The maximum Gasteiger partial charge on any atom is 0.211 e. The first-order valence-corrected chi connectivity index (χ1v) is 10.8. The SMILES string of the molecule is CS(=O)(=O)N(C1CCC1)[C@H]1CCCN(C[C@@H](C#N)CCC#N)CC1. The van der Waals surface area contributed by atoms with Crippen molar-refractivity contribution in [3.05, 3.63) is 0 Å². The number of likely N-dealkylation sites (tertiary alicyclic amines) is 1. The first-order chi connectivity index (χ1) is 11.5. The van der Waals surface area contributed by atoms with Crippen molar-refractivity contribution < 1.29 is 8.42 Å². The molecular weight excluding hydrogens is 324 g/mol. The lowest BCUT2D eigenvalue weighted by molar-refractivity contribution is 0.160. The minimum absolute atomic E-state index is 0.0925. The Kier molecular flexibility index (Phi) is 7.03. The van der Waals surface area contributed by atoms with Gasteiger partial charge in [-0.1, -0.05) is 6.42 Å². The highest BCUT2D eigenvalue weighted by Crippen LogP contribution is 2.32. The summed E-state index contributed by atoms with van der Waals surface area (Å²) in [5.74, 6) is -0.112. The number of nitrogens with zero attached hydrogens (tertiary/aromatic N) is 4. The van der Waals surface area contributed by atoms with Crippen LogP contribution in [0.15, 0.2) is 0 Å². The molecule has 0 aromatic heterocycles. The molecule has 24 heavy (non-hydrogen) atoms. The summed E-state index contributed by atoms with van der Waals surface area (Å²) in [5, 5.41) is 17.9. The van der Waals surface area contributed by atoms with Crippen molar-refractivity contribution in [3.63, 3.8) is 0 Å². The molecule has 0 bridgehead atoms. The Morgan fingerprint density at radius 1 is 1.12 bits per heavy atom. The summed E-state index contributed by atoms with van der Waals surface area (Å²) in [5.41, 5.74) is 0. The van der Waals surface area contributed by atoms with E-state index in [1.807, 2.05) is 0 Å². The molecule has 7 heteroatoms. The highest BCUT2D eigenvalue weighted by molar-refractivity contribution is 7.88. The van der Waals surface area contributed by atoms with Gasteiger partial charge in [-0.15, -0.1) is 0 Å². The lowest BCUT2D eigenvalue weighted by atomic mass is 9.91. The van der Waals surface area contributed by atoms with Gasteiger partial charge in [0, 0.05) is 25.0 Å². The van der Waals surface area contributed by atoms with Crippen LogP contribution in [0.5, 0.6) is 0 Å². The van der Waals surface area contributed by atoms with E-state index in [1.54, 1.807) is 4.31 Å². The average molecular weight is 353 g/mol. The van der Waals surface area contributed by atoms with Gasteiger partial charge in [-0.3, -0.25) is 0 Å². The van der Waals surface area contributed by atoms with E-state index in [2.05, 4.69) is 17.0 Å². The molecule has 1 heterocycles. The van der Waals surface area contributed by atoms with E-state index in [0.29, 0.717) is 19.4 Å². The predicted octanol–water partition coefficient (Wildman–Crippen LogP) is 2.10. The van der Waals surface area contributed by atoms with E-state index >= 15 is 0 Å². The fourth-order valence-corrected chi connectivity index (χ4v) is 5.31. The molecule has 2 rings (SSSR count). The highest BCUT2D eigenvalue weighted by atomic mass is 32.2. The van der Waals surface area contributed by atoms with E-state index in [1.165, 1.54) is 6.26 Å². The van der Waals surface area contributed by atoms with Crippen molar-refractivity contribution in [1.29, 1.82) is 10.5 Å². The number of nitriles is 2. The Morgan fingerprint density at radius 2 is 1.79 bits per heavy atom. The maximum absolute atomic E-state index is 12.2. The van der Waals surface area contributed by atoms with Gasteiger partial charge in [-0.05, 0) is 51.6 Å². The third-order valence-electron chi connectivity index (χ3n) is 5.23. The molecule has 0 amide bonds. The molecule has 0 spiro atoms. The third-order valence-corrected chi connectivity index (χ3v) is 6.60. The van der Waals surface area contributed by atoms with Gasteiger partial charge in [0.1, 0.15) is 0 Å². The van der Waals surface area contributed by atoms with E-state index in [4.69, 9.17) is 5.26 Å². The first kappa shape index (κ1) is 19.2. The molecule has 1 saturated carbocycles. The summed E-state index contributed by atoms with van der Waals surface area (Å²) in [4.78, 5) is 2.27. The predicted molar refractivity (Wildman–Crippen MR) is 92.4 cm³/mol. The largest absolute Gasteiger partial charge is 0.302 e. The molecule has 1 aliphatic heterocycles.